The largest absolute Gasteiger partial charge is 0.427 e. The van der Waals surface area contributed by atoms with Crippen molar-refractivity contribution in [2.24, 2.45) is 0 Å². The van der Waals surface area contributed by atoms with Crippen LogP contribution in [-0.4, -0.2) is 26.4 Å². The van der Waals surface area contributed by atoms with Crippen molar-refractivity contribution < 1.29 is 18.4 Å². The lowest BCUT2D eigenvalue weighted by molar-refractivity contribution is -0.386. The van der Waals surface area contributed by atoms with Gasteiger partial charge in [0, 0.05) is 22.4 Å². The normalized spacial score (nSPS) is 11.8. The Morgan fingerprint density at radius 2 is 2.04 bits per heavy atom. The van der Waals surface area contributed by atoms with Crippen molar-refractivity contribution in [2.45, 2.75) is 42.8 Å². The molecule has 0 saturated heterocycles. The summed E-state index contributed by atoms with van der Waals surface area (Å²) < 4.78 is 30.3. The summed E-state index contributed by atoms with van der Waals surface area (Å²) in [6, 6.07) is 3.62. The second-order valence-corrected chi connectivity index (χ2v) is 6.83. The van der Waals surface area contributed by atoms with Crippen LogP contribution in [0.1, 0.15) is 26.6 Å². The molecule has 0 aliphatic rings. The Kier molecular flexibility index (Phi) is 4.92. The van der Waals surface area contributed by atoms with Gasteiger partial charge in [-0.3, -0.25) is 10.1 Å². The molecule has 1 aromatic carbocycles. The van der Waals surface area contributed by atoms with E-state index in [1.54, 1.807) is 0 Å². The average molecular weight is 359 g/mol. The summed E-state index contributed by atoms with van der Waals surface area (Å²) in [5.74, 6) is 5.95. The number of aromatic nitrogens is 3. The molecule has 0 aliphatic heterocycles. The molecule has 11 heteroatoms. The Balaban J connectivity index is 2.34. The number of halogens is 2. The van der Waals surface area contributed by atoms with Crippen molar-refractivity contribution in [3.05, 3.63) is 34.1 Å². The highest BCUT2D eigenvalue weighted by atomic mass is 32.2. The minimum Gasteiger partial charge on any atom is -0.427 e. The zero-order valence-corrected chi connectivity index (χ0v) is 13.9. The van der Waals surface area contributed by atoms with E-state index in [1.807, 2.05) is 20.8 Å². The van der Waals surface area contributed by atoms with E-state index in [4.69, 9.17) is 5.84 Å². The first kappa shape index (κ1) is 17.9. The van der Waals surface area contributed by atoms with E-state index in [9.17, 15) is 18.9 Å². The predicted molar refractivity (Wildman–Crippen MR) is 82.7 cm³/mol. The lowest BCUT2D eigenvalue weighted by Crippen LogP contribution is -2.24. The molecular formula is C13H15F2N5O3S. The molecule has 0 atom stereocenters. The fourth-order valence-electron chi connectivity index (χ4n) is 1.86. The topological polar surface area (TPSA) is 109 Å². The fraction of sp³-hybridized carbons (Fsp3) is 0.385. The van der Waals surface area contributed by atoms with E-state index >= 15 is 0 Å². The predicted octanol–water partition coefficient (Wildman–Crippen LogP) is 2.95. The van der Waals surface area contributed by atoms with Gasteiger partial charge in [0.05, 0.1) is 4.92 Å². The smallest absolute Gasteiger partial charge is 0.387 e. The highest BCUT2D eigenvalue weighted by Crippen LogP contribution is 2.35. The molecule has 2 aromatic rings. The maximum Gasteiger partial charge on any atom is 0.387 e. The van der Waals surface area contributed by atoms with Gasteiger partial charge >= 0.3 is 12.3 Å². The maximum absolute atomic E-state index is 12.4. The van der Waals surface area contributed by atoms with Gasteiger partial charge in [0.25, 0.3) is 0 Å². The molecule has 24 heavy (non-hydrogen) atoms. The van der Waals surface area contributed by atoms with Crippen molar-refractivity contribution in [1.82, 2.24) is 14.9 Å². The minimum absolute atomic E-state index is 0.316. The lowest BCUT2D eigenvalue weighted by atomic mass is 9.96. The maximum atomic E-state index is 12.4. The zero-order chi connectivity index (χ0) is 18.1. The highest BCUT2D eigenvalue weighted by Gasteiger charge is 2.24. The molecule has 130 valence electrons. The van der Waals surface area contributed by atoms with Crippen LogP contribution in [0, 0.1) is 10.1 Å². The first-order valence-electron chi connectivity index (χ1n) is 6.71. The molecule has 0 spiro atoms. The minimum atomic E-state index is -3.17. The van der Waals surface area contributed by atoms with E-state index in [2.05, 4.69) is 14.9 Å². The van der Waals surface area contributed by atoms with Crippen LogP contribution in [0.15, 0.2) is 28.3 Å². The molecule has 0 unspecified atom stereocenters. The first-order valence-corrected chi connectivity index (χ1v) is 7.53. The quantitative estimate of drug-likeness (QED) is 0.496. The Morgan fingerprint density at radius 3 is 2.54 bits per heavy atom. The molecule has 2 rings (SSSR count). The molecule has 8 nitrogen and oxygen atoms in total. The van der Waals surface area contributed by atoms with Gasteiger partial charge in [-0.2, -0.15) is 8.78 Å². The number of nitrogens with two attached hydrogens (primary N) is 1. The molecule has 0 fully saturated rings. The zero-order valence-electron chi connectivity index (χ0n) is 13.1. The second-order valence-electron chi connectivity index (χ2n) is 5.79. The summed E-state index contributed by atoms with van der Waals surface area (Å²) in [4.78, 5) is 10.5. The number of hydrogen-bond acceptors (Lipinski definition) is 7. The van der Waals surface area contributed by atoms with Crippen molar-refractivity contribution in [3.63, 3.8) is 0 Å². The van der Waals surface area contributed by atoms with Gasteiger partial charge in [0.1, 0.15) is 0 Å². The van der Waals surface area contributed by atoms with Crippen molar-refractivity contribution in [1.29, 1.82) is 0 Å². The van der Waals surface area contributed by atoms with Gasteiger partial charge in [-0.1, -0.05) is 20.8 Å². The van der Waals surface area contributed by atoms with Crippen LogP contribution in [0.3, 0.4) is 0 Å². The standard InChI is InChI=1S/C13H15F2N5O3S/c1-13(2,3)10-17-18-12(19(10)16)24-7-4-5-8(20(21)22)9(6-7)23-11(14)15/h4-6,11H,16H2,1-3H3. The average Bonchev–Trinajstić information content (AvgIpc) is 2.79. The van der Waals surface area contributed by atoms with Gasteiger partial charge in [0.2, 0.25) is 10.9 Å². The lowest BCUT2D eigenvalue weighted by Gasteiger charge is -2.16. The SMILES string of the molecule is CC(C)(C)c1nnc(Sc2ccc([N+](=O)[O-])c(OC(F)F)c2)n1N. The Morgan fingerprint density at radius 1 is 1.38 bits per heavy atom. The molecule has 0 radical (unpaired) electrons. The Bertz CT molecular complexity index is 761. The molecule has 2 N–H and O–H groups in total. The molecule has 0 aliphatic carbocycles. The van der Waals surface area contributed by atoms with Crippen LogP contribution in [0.5, 0.6) is 5.75 Å². The van der Waals surface area contributed by atoms with Crippen LogP contribution >= 0.6 is 11.8 Å². The molecule has 0 bridgehead atoms. The molecule has 1 heterocycles. The number of rotatable bonds is 5. The summed E-state index contributed by atoms with van der Waals surface area (Å²) in [6.07, 6.45) is 0. The van der Waals surface area contributed by atoms with Crippen molar-refractivity contribution in [3.8, 4) is 5.75 Å². The van der Waals surface area contributed by atoms with Gasteiger partial charge in [0.15, 0.2) is 5.82 Å². The molecule has 0 amide bonds. The molecule has 0 saturated carbocycles. The number of nitrogens with zero attached hydrogens (tertiary/aromatic N) is 4. The van der Waals surface area contributed by atoms with Crippen LogP contribution in [0.25, 0.3) is 0 Å². The molecular weight excluding hydrogens is 344 g/mol. The van der Waals surface area contributed by atoms with Gasteiger partial charge in [-0.15, -0.1) is 10.2 Å². The third kappa shape index (κ3) is 3.91. The summed E-state index contributed by atoms with van der Waals surface area (Å²) in [5, 5.41) is 19.1. The highest BCUT2D eigenvalue weighted by molar-refractivity contribution is 7.99. The third-order valence-corrected chi connectivity index (χ3v) is 3.84. The van der Waals surface area contributed by atoms with Gasteiger partial charge in [-0.05, 0) is 17.8 Å². The number of nitro groups is 1. The number of alkyl halides is 2. The van der Waals surface area contributed by atoms with E-state index in [-0.39, 0.29) is 5.41 Å². The van der Waals surface area contributed by atoms with Crippen molar-refractivity contribution in [2.75, 3.05) is 5.84 Å². The van der Waals surface area contributed by atoms with Gasteiger partial charge in [-0.25, -0.2) is 4.68 Å². The van der Waals surface area contributed by atoms with Crippen LogP contribution in [-0.2, 0) is 5.41 Å². The third-order valence-electron chi connectivity index (χ3n) is 2.89. The second kappa shape index (κ2) is 6.59. The van der Waals surface area contributed by atoms with Crippen LogP contribution in [0.2, 0.25) is 0 Å². The first-order chi connectivity index (χ1) is 11.1. The van der Waals surface area contributed by atoms with Crippen LogP contribution in [0.4, 0.5) is 14.5 Å². The van der Waals surface area contributed by atoms with Crippen LogP contribution < -0.4 is 10.6 Å². The van der Waals surface area contributed by atoms with E-state index < -0.39 is 23.0 Å². The van der Waals surface area contributed by atoms with Crippen molar-refractivity contribution >= 4 is 17.4 Å². The molecule has 1 aromatic heterocycles. The summed E-state index contributed by atoms with van der Waals surface area (Å²) in [5.41, 5.74) is -0.885. The summed E-state index contributed by atoms with van der Waals surface area (Å²) in [6.45, 7) is 2.56. The summed E-state index contributed by atoms with van der Waals surface area (Å²) >= 11 is 1.03. The van der Waals surface area contributed by atoms with E-state index in [0.29, 0.717) is 15.9 Å². The number of hydrogen-bond donors (Lipinski definition) is 1. The fourth-order valence-corrected chi connectivity index (χ4v) is 2.64. The Hall–Kier alpha value is -2.43. The van der Waals surface area contributed by atoms with E-state index in [1.165, 1.54) is 10.7 Å². The number of ether oxygens (including phenoxy) is 1. The number of nitrogen functional groups attached to an aromatic ring is 1. The Labute approximate surface area is 140 Å². The number of benzene rings is 1. The monoisotopic (exact) mass is 359 g/mol. The summed E-state index contributed by atoms with van der Waals surface area (Å²) in [7, 11) is 0. The number of nitro benzene ring substituents is 1. The van der Waals surface area contributed by atoms with Gasteiger partial charge < -0.3 is 10.6 Å². The van der Waals surface area contributed by atoms with E-state index in [0.717, 1.165) is 23.9 Å².